The van der Waals surface area contributed by atoms with Gasteiger partial charge in [0.25, 0.3) is 0 Å². The van der Waals surface area contributed by atoms with Gasteiger partial charge in [0.05, 0.1) is 0 Å². The van der Waals surface area contributed by atoms with Gasteiger partial charge >= 0.3 is 0 Å². The van der Waals surface area contributed by atoms with Crippen molar-refractivity contribution in [2.75, 3.05) is 6.54 Å². The van der Waals surface area contributed by atoms with Crippen molar-refractivity contribution in [3.05, 3.63) is 35.4 Å². The molecule has 0 radical (unpaired) electrons. The van der Waals surface area contributed by atoms with Crippen molar-refractivity contribution in [2.45, 2.75) is 45.6 Å². The molecular formula is C15H21F2N. The molecule has 0 heterocycles. The van der Waals surface area contributed by atoms with E-state index in [1.54, 1.807) is 12.1 Å². The maximum atomic E-state index is 13.7. The second-order valence-electron chi connectivity index (χ2n) is 5.58. The number of nitrogens with one attached hydrogen (secondary N) is 1. The summed E-state index contributed by atoms with van der Waals surface area (Å²) in [5.41, 5.74) is 0.741. The highest BCUT2D eigenvalue weighted by Crippen LogP contribution is 2.49. The molecule has 3 heteroatoms. The van der Waals surface area contributed by atoms with Crippen LogP contribution in [-0.4, -0.2) is 12.6 Å². The van der Waals surface area contributed by atoms with Gasteiger partial charge in [-0.05, 0) is 49.3 Å². The van der Waals surface area contributed by atoms with E-state index in [1.807, 2.05) is 0 Å². The second-order valence-corrected chi connectivity index (χ2v) is 5.58. The zero-order valence-electron chi connectivity index (χ0n) is 11.1. The van der Waals surface area contributed by atoms with Crippen LogP contribution in [-0.2, 0) is 6.42 Å². The van der Waals surface area contributed by atoms with Crippen LogP contribution in [0.1, 0.15) is 38.7 Å². The van der Waals surface area contributed by atoms with Crippen LogP contribution in [0.15, 0.2) is 18.2 Å². The van der Waals surface area contributed by atoms with Gasteiger partial charge in [0.2, 0.25) is 0 Å². The van der Waals surface area contributed by atoms with Gasteiger partial charge in [0, 0.05) is 6.04 Å². The fourth-order valence-corrected chi connectivity index (χ4v) is 2.36. The topological polar surface area (TPSA) is 12.0 Å². The van der Waals surface area contributed by atoms with Crippen LogP contribution in [0.4, 0.5) is 8.78 Å². The molecule has 1 aliphatic carbocycles. The van der Waals surface area contributed by atoms with Crippen molar-refractivity contribution < 1.29 is 8.78 Å². The first kappa shape index (κ1) is 13.5. The first-order chi connectivity index (χ1) is 8.57. The van der Waals surface area contributed by atoms with Gasteiger partial charge in [-0.3, -0.25) is 0 Å². The van der Waals surface area contributed by atoms with Crippen molar-refractivity contribution in [3.63, 3.8) is 0 Å². The zero-order chi connectivity index (χ0) is 13.2. The van der Waals surface area contributed by atoms with Gasteiger partial charge in [0.15, 0.2) is 11.6 Å². The second kappa shape index (κ2) is 5.35. The summed E-state index contributed by atoms with van der Waals surface area (Å²) in [5, 5.41) is 3.48. The monoisotopic (exact) mass is 253 g/mol. The lowest BCUT2D eigenvalue weighted by atomic mass is 9.92. The molecule has 1 N–H and O–H groups in total. The molecule has 1 saturated carbocycles. The Balaban J connectivity index is 2.10. The lowest BCUT2D eigenvalue weighted by Gasteiger charge is -2.25. The third kappa shape index (κ3) is 2.89. The van der Waals surface area contributed by atoms with Gasteiger partial charge in [-0.2, -0.15) is 0 Å². The Bertz CT molecular complexity index is 413. The molecule has 0 amide bonds. The van der Waals surface area contributed by atoms with Gasteiger partial charge in [-0.15, -0.1) is 0 Å². The Morgan fingerprint density at radius 1 is 1.33 bits per heavy atom. The standard InChI is InChI=1S/C15H21F2N/c1-3-9-18-13(15(2)7-8-15)10-11-5-4-6-12(16)14(11)17/h4-6,13,18H,3,7-10H2,1-2H3. The summed E-state index contributed by atoms with van der Waals surface area (Å²) in [6.07, 6.45) is 3.97. The van der Waals surface area contributed by atoms with E-state index in [0.717, 1.165) is 13.0 Å². The fraction of sp³-hybridized carbons (Fsp3) is 0.600. The molecular weight excluding hydrogens is 232 g/mol. The quantitative estimate of drug-likeness (QED) is 0.815. The van der Waals surface area contributed by atoms with Crippen LogP contribution in [0.5, 0.6) is 0 Å². The van der Waals surface area contributed by atoms with Gasteiger partial charge in [0.1, 0.15) is 0 Å². The van der Waals surface area contributed by atoms with Crippen molar-refractivity contribution in [1.29, 1.82) is 0 Å². The Labute approximate surface area is 108 Å². The lowest BCUT2D eigenvalue weighted by molar-refractivity contribution is 0.349. The third-order valence-electron chi connectivity index (χ3n) is 3.98. The van der Waals surface area contributed by atoms with Crippen LogP contribution >= 0.6 is 0 Å². The van der Waals surface area contributed by atoms with E-state index >= 15 is 0 Å². The summed E-state index contributed by atoms with van der Waals surface area (Å²) in [5.74, 6) is -1.44. The largest absolute Gasteiger partial charge is 0.313 e. The fourth-order valence-electron chi connectivity index (χ4n) is 2.36. The molecule has 1 fully saturated rings. The summed E-state index contributed by atoms with van der Waals surface area (Å²) in [6, 6.07) is 4.69. The predicted octanol–water partition coefficient (Wildman–Crippen LogP) is 3.68. The third-order valence-corrected chi connectivity index (χ3v) is 3.98. The minimum absolute atomic E-state index is 0.244. The summed E-state index contributed by atoms with van der Waals surface area (Å²) < 4.78 is 26.9. The smallest absolute Gasteiger partial charge is 0.162 e. The molecule has 1 nitrogen and oxygen atoms in total. The number of hydrogen-bond acceptors (Lipinski definition) is 1. The molecule has 2 rings (SSSR count). The van der Waals surface area contributed by atoms with Crippen molar-refractivity contribution in [3.8, 4) is 0 Å². The van der Waals surface area contributed by atoms with E-state index in [2.05, 4.69) is 19.2 Å². The average Bonchev–Trinajstić information content (AvgIpc) is 3.09. The number of rotatable bonds is 6. The van der Waals surface area contributed by atoms with Crippen molar-refractivity contribution >= 4 is 0 Å². The molecule has 1 unspecified atom stereocenters. The molecule has 0 spiro atoms. The van der Waals surface area contributed by atoms with Gasteiger partial charge < -0.3 is 5.32 Å². The van der Waals surface area contributed by atoms with Gasteiger partial charge in [-0.25, -0.2) is 8.78 Å². The summed E-state index contributed by atoms with van der Waals surface area (Å²) in [4.78, 5) is 0. The molecule has 0 aromatic heterocycles. The number of benzene rings is 1. The van der Waals surface area contributed by atoms with Crippen molar-refractivity contribution in [1.82, 2.24) is 5.32 Å². The van der Waals surface area contributed by atoms with Crippen LogP contribution in [0.25, 0.3) is 0 Å². The summed E-state index contributed by atoms with van der Waals surface area (Å²) >= 11 is 0. The van der Waals surface area contributed by atoms with Gasteiger partial charge in [-0.1, -0.05) is 26.0 Å². The van der Waals surface area contributed by atoms with E-state index in [0.29, 0.717) is 12.0 Å². The van der Waals surface area contributed by atoms with E-state index in [1.165, 1.54) is 18.9 Å². The Morgan fingerprint density at radius 3 is 2.67 bits per heavy atom. The highest BCUT2D eigenvalue weighted by molar-refractivity contribution is 5.21. The van der Waals surface area contributed by atoms with Crippen LogP contribution in [0.3, 0.4) is 0 Å². The minimum Gasteiger partial charge on any atom is -0.313 e. The normalized spacial score (nSPS) is 18.7. The SMILES string of the molecule is CCCNC(Cc1cccc(F)c1F)C1(C)CC1. The highest BCUT2D eigenvalue weighted by Gasteiger charge is 2.44. The minimum atomic E-state index is -0.748. The first-order valence-corrected chi connectivity index (χ1v) is 6.73. The molecule has 1 atom stereocenters. The first-order valence-electron chi connectivity index (χ1n) is 6.73. The molecule has 100 valence electrons. The lowest BCUT2D eigenvalue weighted by Crippen LogP contribution is -2.38. The Morgan fingerprint density at radius 2 is 2.06 bits per heavy atom. The van der Waals surface area contributed by atoms with Crippen molar-refractivity contribution in [2.24, 2.45) is 5.41 Å². The Hall–Kier alpha value is -0.960. The van der Waals surface area contributed by atoms with Crippen LogP contribution in [0, 0.1) is 17.0 Å². The molecule has 0 bridgehead atoms. The zero-order valence-corrected chi connectivity index (χ0v) is 11.1. The molecule has 1 aliphatic rings. The summed E-state index contributed by atoms with van der Waals surface area (Å²) in [7, 11) is 0. The summed E-state index contributed by atoms with van der Waals surface area (Å²) in [6.45, 7) is 5.26. The van der Waals surface area contributed by atoms with E-state index in [4.69, 9.17) is 0 Å². The van der Waals surface area contributed by atoms with E-state index in [-0.39, 0.29) is 11.5 Å². The van der Waals surface area contributed by atoms with E-state index in [9.17, 15) is 8.78 Å². The number of hydrogen-bond donors (Lipinski definition) is 1. The molecule has 1 aromatic rings. The van der Waals surface area contributed by atoms with Crippen LogP contribution in [0.2, 0.25) is 0 Å². The predicted molar refractivity (Wildman–Crippen MR) is 69.5 cm³/mol. The Kier molecular flexibility index (Phi) is 4.00. The molecule has 0 saturated heterocycles. The average molecular weight is 253 g/mol. The highest BCUT2D eigenvalue weighted by atomic mass is 19.2. The van der Waals surface area contributed by atoms with E-state index < -0.39 is 11.6 Å². The molecule has 0 aliphatic heterocycles. The number of halogens is 2. The molecule has 1 aromatic carbocycles. The maximum absolute atomic E-state index is 13.7. The maximum Gasteiger partial charge on any atom is 0.162 e. The molecule has 18 heavy (non-hydrogen) atoms. The van der Waals surface area contributed by atoms with Crippen LogP contribution < -0.4 is 5.32 Å².